The molecule has 0 saturated heterocycles. The monoisotopic (exact) mass is 318 g/mol. The van der Waals surface area contributed by atoms with E-state index in [0.29, 0.717) is 5.69 Å². The summed E-state index contributed by atoms with van der Waals surface area (Å²) in [5.41, 5.74) is 2.53. The summed E-state index contributed by atoms with van der Waals surface area (Å²) in [4.78, 5) is 0. The molecule has 2 aromatic carbocycles. The van der Waals surface area contributed by atoms with Gasteiger partial charge in [-0.1, -0.05) is 34.1 Å². The number of halogens is 2. The normalized spacial score (nSPS) is 11.7. The van der Waals surface area contributed by atoms with E-state index in [4.69, 9.17) is 0 Å². The predicted molar refractivity (Wildman–Crippen MR) is 77.3 cm³/mol. The van der Waals surface area contributed by atoms with E-state index in [1.165, 1.54) is 12.1 Å². The Hall–Kier alpha value is -1.86. The second-order valence-corrected chi connectivity index (χ2v) is 5.08. The van der Waals surface area contributed by atoms with Gasteiger partial charge in [0.15, 0.2) is 0 Å². The highest BCUT2D eigenvalue weighted by Crippen LogP contribution is 2.24. The van der Waals surface area contributed by atoms with Crippen LogP contribution in [-0.2, 0) is 0 Å². The number of benzene rings is 2. The zero-order valence-corrected chi connectivity index (χ0v) is 11.9. The molecule has 2 aromatic rings. The molecule has 1 atom stereocenters. The maximum atomic E-state index is 13.1. The van der Waals surface area contributed by atoms with Crippen LogP contribution in [0.1, 0.15) is 17.2 Å². The molecule has 0 heterocycles. The summed E-state index contributed by atoms with van der Waals surface area (Å²) in [7, 11) is 0. The number of hydrogen-bond donors (Lipinski definition) is 1. The van der Waals surface area contributed by atoms with Gasteiger partial charge in [0.2, 0.25) is 0 Å². The number of nitriles is 1. The van der Waals surface area contributed by atoms with Crippen molar-refractivity contribution in [1.82, 2.24) is 0 Å². The lowest BCUT2D eigenvalue weighted by Crippen LogP contribution is -2.08. The first-order valence-corrected chi connectivity index (χ1v) is 6.57. The number of nitrogens with one attached hydrogen (secondary N) is 1. The molecule has 0 radical (unpaired) electrons. The number of aryl methyl sites for hydroxylation is 1. The molecule has 0 aliphatic heterocycles. The Morgan fingerprint density at radius 1 is 1.26 bits per heavy atom. The minimum absolute atomic E-state index is 0.327. The van der Waals surface area contributed by atoms with E-state index in [9.17, 15) is 9.65 Å². The molecule has 1 unspecified atom stereocenters. The maximum absolute atomic E-state index is 13.1. The van der Waals surface area contributed by atoms with Gasteiger partial charge in [-0.2, -0.15) is 5.26 Å². The van der Waals surface area contributed by atoms with Gasteiger partial charge in [0.25, 0.3) is 0 Å². The Balaban J connectivity index is 2.25. The summed E-state index contributed by atoms with van der Waals surface area (Å²) in [6.45, 7) is 1.98. The van der Waals surface area contributed by atoms with E-state index in [-0.39, 0.29) is 5.82 Å². The molecule has 4 heteroatoms. The van der Waals surface area contributed by atoms with Gasteiger partial charge in [0.05, 0.1) is 6.07 Å². The van der Waals surface area contributed by atoms with Crippen LogP contribution in [0.15, 0.2) is 46.9 Å². The summed E-state index contributed by atoms with van der Waals surface area (Å²) in [5, 5.41) is 12.3. The molecule has 0 aliphatic rings. The van der Waals surface area contributed by atoms with Crippen LogP contribution in [0.25, 0.3) is 0 Å². The molecule has 0 aromatic heterocycles. The highest BCUT2D eigenvalue weighted by Gasteiger charge is 2.11. The van der Waals surface area contributed by atoms with Crippen molar-refractivity contribution in [3.05, 3.63) is 63.9 Å². The van der Waals surface area contributed by atoms with Crippen LogP contribution in [-0.4, -0.2) is 0 Å². The maximum Gasteiger partial charge on any atom is 0.140 e. The summed E-state index contributed by atoms with van der Waals surface area (Å²) in [5.74, 6) is -0.327. The van der Waals surface area contributed by atoms with Gasteiger partial charge in [0.1, 0.15) is 11.9 Å². The Morgan fingerprint density at radius 3 is 2.68 bits per heavy atom. The molecule has 0 saturated carbocycles. The van der Waals surface area contributed by atoms with Gasteiger partial charge in [-0.3, -0.25) is 0 Å². The molecular formula is C15H12BrFN2. The lowest BCUT2D eigenvalue weighted by molar-refractivity contribution is 0.628. The van der Waals surface area contributed by atoms with Crippen LogP contribution in [0.3, 0.4) is 0 Å². The predicted octanol–water partition coefficient (Wildman–Crippen LogP) is 4.57. The van der Waals surface area contributed by atoms with Crippen molar-refractivity contribution in [1.29, 1.82) is 5.26 Å². The first kappa shape index (κ1) is 13.6. The molecule has 0 aliphatic carbocycles. The van der Waals surface area contributed by atoms with E-state index in [2.05, 4.69) is 27.3 Å². The van der Waals surface area contributed by atoms with Crippen molar-refractivity contribution < 1.29 is 4.39 Å². The van der Waals surface area contributed by atoms with Crippen molar-refractivity contribution in [3.63, 3.8) is 0 Å². The number of hydrogen-bond acceptors (Lipinski definition) is 2. The van der Waals surface area contributed by atoms with Gasteiger partial charge >= 0.3 is 0 Å². The van der Waals surface area contributed by atoms with E-state index in [0.717, 1.165) is 15.6 Å². The number of rotatable bonds is 3. The third-order valence-corrected chi connectivity index (χ3v) is 3.65. The first-order valence-electron chi connectivity index (χ1n) is 5.78. The first-order chi connectivity index (χ1) is 9.10. The highest BCUT2D eigenvalue weighted by molar-refractivity contribution is 9.10. The van der Waals surface area contributed by atoms with Gasteiger partial charge in [-0.15, -0.1) is 0 Å². The van der Waals surface area contributed by atoms with Crippen molar-refractivity contribution in [2.75, 3.05) is 5.32 Å². The Kier molecular flexibility index (Phi) is 4.18. The van der Waals surface area contributed by atoms with Crippen LogP contribution in [0, 0.1) is 24.1 Å². The van der Waals surface area contributed by atoms with E-state index in [1.807, 2.05) is 25.1 Å². The van der Waals surface area contributed by atoms with Crippen LogP contribution in [0.4, 0.5) is 10.1 Å². The summed E-state index contributed by atoms with van der Waals surface area (Å²) < 4.78 is 14.1. The van der Waals surface area contributed by atoms with Crippen molar-refractivity contribution in [2.24, 2.45) is 0 Å². The number of anilines is 1. The van der Waals surface area contributed by atoms with Gasteiger partial charge in [-0.25, -0.2) is 4.39 Å². The molecule has 0 bridgehead atoms. The van der Waals surface area contributed by atoms with Gasteiger partial charge < -0.3 is 5.32 Å². The standard InChI is InChI=1S/C15H12BrFN2/c1-10-5-6-11(7-14(10)16)15(9-18)19-13-4-2-3-12(17)8-13/h2-8,15,19H,1H3. The summed E-state index contributed by atoms with van der Waals surface area (Å²) in [6.07, 6.45) is 0. The summed E-state index contributed by atoms with van der Waals surface area (Å²) >= 11 is 3.44. The van der Waals surface area contributed by atoms with Crippen LogP contribution in [0.2, 0.25) is 0 Å². The Bertz CT molecular complexity index is 634. The molecule has 1 N–H and O–H groups in total. The molecule has 0 amide bonds. The Morgan fingerprint density at radius 2 is 2.05 bits per heavy atom. The van der Waals surface area contributed by atoms with Crippen molar-refractivity contribution in [2.45, 2.75) is 13.0 Å². The zero-order chi connectivity index (χ0) is 13.8. The largest absolute Gasteiger partial charge is 0.366 e. The molecule has 0 spiro atoms. The second-order valence-electron chi connectivity index (χ2n) is 4.23. The van der Waals surface area contributed by atoms with Gasteiger partial charge in [0, 0.05) is 10.2 Å². The molecule has 2 rings (SSSR count). The minimum Gasteiger partial charge on any atom is -0.366 e. The van der Waals surface area contributed by atoms with E-state index < -0.39 is 6.04 Å². The van der Waals surface area contributed by atoms with Crippen LogP contribution in [0.5, 0.6) is 0 Å². The van der Waals surface area contributed by atoms with E-state index in [1.54, 1.807) is 12.1 Å². The molecule has 0 fully saturated rings. The van der Waals surface area contributed by atoms with E-state index >= 15 is 0 Å². The average molecular weight is 319 g/mol. The topological polar surface area (TPSA) is 35.8 Å². The fraction of sp³-hybridized carbons (Fsp3) is 0.133. The molecule has 2 nitrogen and oxygen atoms in total. The summed E-state index contributed by atoms with van der Waals surface area (Å²) in [6, 6.07) is 13.5. The lowest BCUT2D eigenvalue weighted by Gasteiger charge is -2.14. The molecule has 96 valence electrons. The highest BCUT2D eigenvalue weighted by atomic mass is 79.9. The van der Waals surface area contributed by atoms with Crippen LogP contribution >= 0.6 is 15.9 Å². The van der Waals surface area contributed by atoms with Crippen molar-refractivity contribution >= 4 is 21.6 Å². The third-order valence-electron chi connectivity index (χ3n) is 2.79. The van der Waals surface area contributed by atoms with Crippen LogP contribution < -0.4 is 5.32 Å². The third kappa shape index (κ3) is 3.33. The average Bonchev–Trinajstić information content (AvgIpc) is 2.39. The smallest absolute Gasteiger partial charge is 0.140 e. The Labute approximate surface area is 120 Å². The lowest BCUT2D eigenvalue weighted by atomic mass is 10.1. The van der Waals surface area contributed by atoms with Crippen molar-refractivity contribution in [3.8, 4) is 6.07 Å². The quantitative estimate of drug-likeness (QED) is 0.899. The SMILES string of the molecule is Cc1ccc(C(C#N)Nc2cccc(F)c2)cc1Br. The molecule has 19 heavy (non-hydrogen) atoms. The zero-order valence-electron chi connectivity index (χ0n) is 10.3. The van der Waals surface area contributed by atoms with Gasteiger partial charge in [-0.05, 0) is 42.3 Å². The fourth-order valence-electron chi connectivity index (χ4n) is 1.72. The number of nitrogens with zero attached hydrogens (tertiary/aromatic N) is 1. The molecular weight excluding hydrogens is 307 g/mol. The second kappa shape index (κ2) is 5.85. The fourth-order valence-corrected chi connectivity index (χ4v) is 2.12. The minimum atomic E-state index is -0.515.